The fraction of sp³-hybridized carbons (Fsp3) is 0.438. The van der Waals surface area contributed by atoms with Crippen molar-refractivity contribution in [2.45, 2.75) is 12.8 Å². The molecule has 7 heteroatoms. The van der Waals surface area contributed by atoms with Crippen molar-refractivity contribution >= 4 is 21.6 Å². The molecule has 0 saturated heterocycles. The summed E-state index contributed by atoms with van der Waals surface area (Å²) in [7, 11) is -3.25. The van der Waals surface area contributed by atoms with Gasteiger partial charge in [0.05, 0.1) is 11.9 Å². The van der Waals surface area contributed by atoms with Crippen LogP contribution in [0.25, 0.3) is 0 Å². The van der Waals surface area contributed by atoms with Gasteiger partial charge in [0, 0.05) is 25.2 Å². The molecule has 2 N–H and O–H groups in total. The lowest BCUT2D eigenvalue weighted by Crippen LogP contribution is -2.29. The number of nitrogens with one attached hydrogen (secondary N) is 2. The lowest BCUT2D eigenvalue weighted by Gasteiger charge is -2.17. The zero-order valence-corrected chi connectivity index (χ0v) is 13.9. The van der Waals surface area contributed by atoms with Crippen molar-refractivity contribution in [3.63, 3.8) is 0 Å². The third-order valence-electron chi connectivity index (χ3n) is 4.23. The van der Waals surface area contributed by atoms with E-state index in [1.54, 1.807) is 18.2 Å². The second-order valence-corrected chi connectivity index (χ2v) is 7.83. The van der Waals surface area contributed by atoms with Gasteiger partial charge in [-0.05, 0) is 43.1 Å². The number of hydrogen-bond acceptors (Lipinski definition) is 4. The highest BCUT2D eigenvalue weighted by molar-refractivity contribution is 7.92. The Morgan fingerprint density at radius 2 is 2.17 bits per heavy atom. The molecule has 2 aliphatic rings. The number of benzene rings is 1. The molecule has 0 fully saturated rings. The van der Waals surface area contributed by atoms with Gasteiger partial charge < -0.3 is 10.6 Å². The Labute approximate surface area is 136 Å². The molecular weight excluding hydrogens is 314 g/mol. The Balaban J connectivity index is 1.70. The Hall–Kier alpha value is -1.86. The molecule has 0 unspecified atom stereocenters. The molecule has 1 amide bonds. The first kappa shape index (κ1) is 16.0. The minimum absolute atomic E-state index is 0.120. The monoisotopic (exact) mass is 335 g/mol. The van der Waals surface area contributed by atoms with Gasteiger partial charge in [0.2, 0.25) is 10.0 Å². The molecule has 6 nitrogen and oxygen atoms in total. The maximum atomic E-state index is 12.3. The third-order valence-corrected chi connectivity index (χ3v) is 5.41. The summed E-state index contributed by atoms with van der Waals surface area (Å²) in [6.45, 7) is 2.80. The number of rotatable bonds is 4. The van der Waals surface area contributed by atoms with Gasteiger partial charge in [-0.15, -0.1) is 0 Å². The fourth-order valence-corrected chi connectivity index (χ4v) is 3.94. The quantitative estimate of drug-likeness (QED) is 0.792. The Morgan fingerprint density at radius 1 is 1.35 bits per heavy atom. The highest BCUT2D eigenvalue weighted by Gasteiger charge is 2.26. The van der Waals surface area contributed by atoms with Gasteiger partial charge in [-0.3, -0.25) is 9.10 Å². The summed E-state index contributed by atoms with van der Waals surface area (Å²) in [6.07, 6.45) is 4.90. The summed E-state index contributed by atoms with van der Waals surface area (Å²) in [5, 5.41) is 6.17. The smallest absolute Gasteiger partial charge is 0.251 e. The zero-order valence-electron chi connectivity index (χ0n) is 13.1. The van der Waals surface area contributed by atoms with Crippen molar-refractivity contribution in [1.29, 1.82) is 0 Å². The number of fused-ring (bicyclic) bond motifs is 1. The van der Waals surface area contributed by atoms with E-state index in [2.05, 4.69) is 16.7 Å². The Bertz CT molecular complexity index is 756. The summed E-state index contributed by atoms with van der Waals surface area (Å²) >= 11 is 0. The van der Waals surface area contributed by atoms with Crippen LogP contribution in [0.3, 0.4) is 0 Å². The number of sulfonamides is 1. The van der Waals surface area contributed by atoms with Crippen LogP contribution in [0.15, 0.2) is 29.8 Å². The van der Waals surface area contributed by atoms with E-state index in [0.29, 0.717) is 30.8 Å². The van der Waals surface area contributed by atoms with Crippen LogP contribution in [0.2, 0.25) is 0 Å². The van der Waals surface area contributed by atoms with E-state index in [4.69, 9.17) is 0 Å². The average Bonchev–Trinajstić information content (AvgIpc) is 2.96. The van der Waals surface area contributed by atoms with Crippen molar-refractivity contribution in [3.8, 4) is 0 Å². The number of carbonyl (C=O) groups is 1. The van der Waals surface area contributed by atoms with Gasteiger partial charge in [0.15, 0.2) is 0 Å². The van der Waals surface area contributed by atoms with Gasteiger partial charge in [0.25, 0.3) is 5.91 Å². The predicted molar refractivity (Wildman–Crippen MR) is 90.2 cm³/mol. The number of carbonyl (C=O) groups excluding carboxylic acids is 1. The first-order chi connectivity index (χ1) is 10.9. The predicted octanol–water partition coefficient (Wildman–Crippen LogP) is 0.658. The Morgan fingerprint density at radius 3 is 2.87 bits per heavy atom. The van der Waals surface area contributed by atoms with Gasteiger partial charge in [-0.1, -0.05) is 11.6 Å². The minimum Gasteiger partial charge on any atom is -0.348 e. The van der Waals surface area contributed by atoms with E-state index in [1.807, 2.05) is 0 Å². The molecule has 0 bridgehead atoms. The molecule has 23 heavy (non-hydrogen) atoms. The molecule has 2 heterocycles. The van der Waals surface area contributed by atoms with Gasteiger partial charge in [0.1, 0.15) is 0 Å². The summed E-state index contributed by atoms with van der Waals surface area (Å²) in [6, 6.07) is 5.21. The molecule has 0 saturated carbocycles. The van der Waals surface area contributed by atoms with E-state index < -0.39 is 10.0 Å². The van der Waals surface area contributed by atoms with E-state index in [-0.39, 0.29) is 5.91 Å². The van der Waals surface area contributed by atoms with Crippen molar-refractivity contribution in [2.24, 2.45) is 0 Å². The van der Waals surface area contributed by atoms with E-state index in [0.717, 1.165) is 25.1 Å². The molecule has 0 radical (unpaired) electrons. The summed E-state index contributed by atoms with van der Waals surface area (Å²) in [4.78, 5) is 12.3. The lowest BCUT2D eigenvalue weighted by atomic mass is 10.1. The standard InChI is InChI=1S/C16H21N3O3S/c1-23(21,22)19-9-6-13-10-14(2-3-15(13)19)16(20)18-11-12-4-7-17-8-5-12/h2-4,10,17H,5-9,11H2,1H3,(H,18,20). The largest absolute Gasteiger partial charge is 0.348 e. The summed E-state index contributed by atoms with van der Waals surface area (Å²) in [5.74, 6) is -0.120. The van der Waals surface area contributed by atoms with Crippen molar-refractivity contribution in [3.05, 3.63) is 41.0 Å². The van der Waals surface area contributed by atoms with Crippen LogP contribution in [0.5, 0.6) is 0 Å². The second-order valence-electron chi connectivity index (χ2n) is 5.93. The molecule has 1 aromatic carbocycles. The maximum Gasteiger partial charge on any atom is 0.251 e. The van der Waals surface area contributed by atoms with Gasteiger partial charge in [-0.25, -0.2) is 8.42 Å². The molecular formula is C16H21N3O3S. The second kappa shape index (κ2) is 6.33. The van der Waals surface area contributed by atoms with Crippen LogP contribution in [0.4, 0.5) is 5.69 Å². The average molecular weight is 335 g/mol. The molecule has 0 aromatic heterocycles. The van der Waals surface area contributed by atoms with E-state index in [9.17, 15) is 13.2 Å². The number of hydrogen-bond donors (Lipinski definition) is 2. The zero-order chi connectivity index (χ0) is 16.4. The molecule has 0 aliphatic carbocycles. The third kappa shape index (κ3) is 3.56. The number of anilines is 1. The van der Waals surface area contributed by atoms with E-state index >= 15 is 0 Å². The minimum atomic E-state index is -3.25. The van der Waals surface area contributed by atoms with E-state index in [1.165, 1.54) is 16.1 Å². The van der Waals surface area contributed by atoms with Crippen LogP contribution in [-0.2, 0) is 16.4 Å². The van der Waals surface area contributed by atoms with Crippen LogP contribution in [-0.4, -0.2) is 46.8 Å². The van der Waals surface area contributed by atoms with Crippen molar-refractivity contribution in [1.82, 2.24) is 10.6 Å². The summed E-state index contributed by atoms with van der Waals surface area (Å²) in [5.41, 5.74) is 3.41. The normalized spacial score (nSPS) is 17.6. The topological polar surface area (TPSA) is 78.5 Å². The molecule has 3 rings (SSSR count). The molecule has 1 aromatic rings. The van der Waals surface area contributed by atoms with Gasteiger partial charge in [-0.2, -0.15) is 0 Å². The first-order valence-corrected chi connectivity index (χ1v) is 9.57. The highest BCUT2D eigenvalue weighted by atomic mass is 32.2. The van der Waals surface area contributed by atoms with Gasteiger partial charge >= 0.3 is 0 Å². The molecule has 0 spiro atoms. The van der Waals surface area contributed by atoms with Crippen LogP contribution >= 0.6 is 0 Å². The lowest BCUT2D eigenvalue weighted by molar-refractivity contribution is 0.0956. The van der Waals surface area contributed by atoms with Crippen molar-refractivity contribution < 1.29 is 13.2 Å². The summed E-state index contributed by atoms with van der Waals surface area (Å²) < 4.78 is 24.8. The van der Waals surface area contributed by atoms with Crippen LogP contribution < -0.4 is 14.9 Å². The van der Waals surface area contributed by atoms with Crippen LogP contribution in [0, 0.1) is 0 Å². The Kier molecular flexibility index (Phi) is 4.41. The fourth-order valence-electron chi connectivity index (χ4n) is 2.98. The highest BCUT2D eigenvalue weighted by Crippen LogP contribution is 2.30. The van der Waals surface area contributed by atoms with Crippen LogP contribution in [0.1, 0.15) is 22.3 Å². The first-order valence-electron chi connectivity index (χ1n) is 7.72. The SMILES string of the molecule is CS(=O)(=O)N1CCc2cc(C(=O)NCC3=CCNCC3)ccc21. The number of amides is 1. The number of nitrogens with zero attached hydrogens (tertiary/aromatic N) is 1. The van der Waals surface area contributed by atoms with Crippen molar-refractivity contribution in [2.75, 3.05) is 36.7 Å². The maximum absolute atomic E-state index is 12.3. The molecule has 2 aliphatic heterocycles. The molecule has 0 atom stereocenters. The molecule has 124 valence electrons.